The minimum atomic E-state index is -3.39. The lowest BCUT2D eigenvalue weighted by molar-refractivity contribution is -0.115. The maximum Gasteiger partial charge on any atom is 0.322 e. The van der Waals surface area contributed by atoms with Crippen molar-refractivity contribution in [2.24, 2.45) is 0 Å². The summed E-state index contributed by atoms with van der Waals surface area (Å²) in [6.45, 7) is 0. The topological polar surface area (TPSA) is 102 Å². The molecule has 7 nitrogen and oxygen atoms in total. The van der Waals surface area contributed by atoms with E-state index in [1.807, 2.05) is 24.3 Å². The first-order valence-electron chi connectivity index (χ1n) is 7.95. The number of nitrogens with one attached hydrogen (secondary N) is 1. The quantitative estimate of drug-likeness (QED) is 0.685. The molecule has 0 aliphatic carbocycles. The molecule has 1 N–H and O–H groups in total. The Bertz CT molecular complexity index is 970. The highest BCUT2D eigenvalue weighted by Crippen LogP contribution is 2.19. The van der Waals surface area contributed by atoms with Gasteiger partial charge in [-0.25, -0.2) is 8.42 Å². The summed E-state index contributed by atoms with van der Waals surface area (Å²) in [5.74, 6) is -0.574. The zero-order valence-electron chi connectivity index (χ0n) is 13.8. The van der Waals surface area contributed by atoms with Crippen molar-refractivity contribution < 1.29 is 17.6 Å². The normalized spacial score (nSPS) is 11.2. The molecule has 0 bridgehead atoms. The van der Waals surface area contributed by atoms with Crippen LogP contribution in [0.1, 0.15) is 12.0 Å². The van der Waals surface area contributed by atoms with E-state index in [0.29, 0.717) is 5.56 Å². The lowest BCUT2D eigenvalue weighted by Gasteiger charge is -2.04. The third-order valence-electron chi connectivity index (χ3n) is 3.56. The second kappa shape index (κ2) is 7.92. The molecule has 3 rings (SSSR count). The Kier molecular flexibility index (Phi) is 5.43. The van der Waals surface area contributed by atoms with Crippen LogP contribution in [0.5, 0.6) is 0 Å². The van der Waals surface area contributed by atoms with Crippen LogP contribution in [-0.4, -0.2) is 30.3 Å². The van der Waals surface area contributed by atoms with E-state index in [-0.39, 0.29) is 29.8 Å². The second-order valence-electron chi connectivity index (χ2n) is 5.65. The molecule has 26 heavy (non-hydrogen) atoms. The molecule has 3 aromatic rings. The average molecular weight is 371 g/mol. The molecular weight excluding hydrogens is 354 g/mol. The second-order valence-corrected chi connectivity index (χ2v) is 7.84. The van der Waals surface area contributed by atoms with Gasteiger partial charge in [0.1, 0.15) is 0 Å². The molecule has 0 fully saturated rings. The Morgan fingerprint density at radius 1 is 0.962 bits per heavy atom. The summed E-state index contributed by atoms with van der Waals surface area (Å²) in [6.07, 6.45) is -0.182. The van der Waals surface area contributed by atoms with Crippen molar-refractivity contribution in [1.29, 1.82) is 0 Å². The van der Waals surface area contributed by atoms with Crippen molar-refractivity contribution in [3.05, 3.63) is 66.2 Å². The number of amides is 1. The molecule has 0 atom stereocenters. The minimum Gasteiger partial charge on any atom is -0.403 e. The number of nitrogens with zero attached hydrogens (tertiary/aromatic N) is 2. The van der Waals surface area contributed by atoms with Gasteiger partial charge in [-0.2, -0.15) is 0 Å². The molecule has 1 heterocycles. The van der Waals surface area contributed by atoms with E-state index >= 15 is 0 Å². The van der Waals surface area contributed by atoms with Crippen molar-refractivity contribution in [2.75, 3.05) is 11.1 Å². The Labute approximate surface area is 151 Å². The van der Waals surface area contributed by atoms with Gasteiger partial charge in [-0.05, 0) is 17.7 Å². The van der Waals surface area contributed by atoms with Crippen molar-refractivity contribution >= 4 is 21.8 Å². The Morgan fingerprint density at radius 3 is 2.31 bits per heavy atom. The number of carbonyl (C=O) groups is 1. The number of rotatable bonds is 7. The number of hydrogen-bond donors (Lipinski definition) is 1. The predicted octanol–water partition coefficient (Wildman–Crippen LogP) is 2.68. The number of benzene rings is 2. The number of aromatic nitrogens is 2. The van der Waals surface area contributed by atoms with Crippen LogP contribution in [0.25, 0.3) is 11.5 Å². The minimum absolute atomic E-state index is 0.0608. The molecule has 0 spiro atoms. The van der Waals surface area contributed by atoms with E-state index < -0.39 is 15.7 Å². The van der Waals surface area contributed by atoms with Crippen molar-refractivity contribution in [1.82, 2.24) is 10.2 Å². The van der Waals surface area contributed by atoms with Gasteiger partial charge in [0.05, 0.1) is 11.5 Å². The number of anilines is 1. The van der Waals surface area contributed by atoms with Gasteiger partial charge in [0.25, 0.3) is 0 Å². The molecule has 1 aromatic heterocycles. The number of sulfone groups is 1. The van der Waals surface area contributed by atoms with Gasteiger partial charge in [0.2, 0.25) is 11.8 Å². The molecule has 2 aromatic carbocycles. The summed E-state index contributed by atoms with van der Waals surface area (Å²) in [4.78, 5) is 12.0. The summed E-state index contributed by atoms with van der Waals surface area (Å²) in [5, 5.41) is 10.0. The SMILES string of the molecule is O=C(CCS(=O)(=O)Cc1ccccc1)Nc1nnc(-c2ccccc2)o1. The Morgan fingerprint density at radius 2 is 1.62 bits per heavy atom. The van der Waals surface area contributed by atoms with Crippen LogP contribution in [0.4, 0.5) is 6.01 Å². The van der Waals surface area contributed by atoms with Crippen LogP contribution >= 0.6 is 0 Å². The maximum atomic E-state index is 12.1. The molecule has 0 aliphatic heterocycles. The van der Waals surface area contributed by atoms with Gasteiger partial charge in [-0.3, -0.25) is 10.1 Å². The molecule has 0 radical (unpaired) electrons. The van der Waals surface area contributed by atoms with Crippen LogP contribution in [0, 0.1) is 0 Å². The fourth-order valence-corrected chi connectivity index (χ4v) is 3.64. The molecule has 0 aliphatic rings. The van der Waals surface area contributed by atoms with E-state index in [2.05, 4.69) is 15.5 Å². The lowest BCUT2D eigenvalue weighted by atomic mass is 10.2. The highest BCUT2D eigenvalue weighted by molar-refractivity contribution is 7.90. The summed E-state index contributed by atoms with van der Waals surface area (Å²) in [5.41, 5.74) is 1.42. The van der Waals surface area contributed by atoms with Crippen LogP contribution < -0.4 is 5.32 Å². The third-order valence-corrected chi connectivity index (χ3v) is 5.16. The van der Waals surface area contributed by atoms with Crippen LogP contribution in [-0.2, 0) is 20.4 Å². The Balaban J connectivity index is 1.54. The first kappa shape index (κ1) is 17.8. The van der Waals surface area contributed by atoms with Crippen LogP contribution in [0.2, 0.25) is 0 Å². The first-order valence-corrected chi connectivity index (χ1v) is 9.77. The molecule has 0 unspecified atom stereocenters. The summed E-state index contributed by atoms with van der Waals surface area (Å²) in [6, 6.07) is 17.9. The van der Waals surface area contributed by atoms with E-state index in [1.165, 1.54) is 0 Å². The van der Waals surface area contributed by atoms with Gasteiger partial charge in [0, 0.05) is 12.0 Å². The molecular formula is C18H17N3O4S. The molecule has 0 saturated carbocycles. The number of carbonyl (C=O) groups excluding carboxylic acids is 1. The average Bonchev–Trinajstić information content (AvgIpc) is 3.10. The Hall–Kier alpha value is -3.00. The van der Waals surface area contributed by atoms with E-state index in [4.69, 9.17) is 4.42 Å². The predicted molar refractivity (Wildman–Crippen MR) is 96.9 cm³/mol. The zero-order chi connectivity index (χ0) is 18.4. The van der Waals surface area contributed by atoms with Crippen LogP contribution in [0.3, 0.4) is 0 Å². The van der Waals surface area contributed by atoms with Gasteiger partial charge in [-0.1, -0.05) is 53.6 Å². The summed E-state index contributed by atoms with van der Waals surface area (Å²) >= 11 is 0. The molecule has 134 valence electrons. The van der Waals surface area contributed by atoms with Crippen molar-refractivity contribution in [3.63, 3.8) is 0 Å². The fraction of sp³-hybridized carbons (Fsp3) is 0.167. The van der Waals surface area contributed by atoms with Gasteiger partial charge >= 0.3 is 6.01 Å². The standard InChI is InChI=1S/C18H17N3O4S/c22-16(11-12-26(23,24)13-14-7-3-1-4-8-14)19-18-21-20-17(25-18)15-9-5-2-6-10-15/h1-10H,11-13H2,(H,19,21,22). The third kappa shape index (κ3) is 5.00. The van der Waals surface area contributed by atoms with Crippen LogP contribution in [0.15, 0.2) is 65.1 Å². The first-order chi connectivity index (χ1) is 12.5. The van der Waals surface area contributed by atoms with E-state index in [1.54, 1.807) is 36.4 Å². The van der Waals surface area contributed by atoms with Crippen molar-refractivity contribution in [3.8, 4) is 11.5 Å². The van der Waals surface area contributed by atoms with Gasteiger partial charge < -0.3 is 4.42 Å². The smallest absolute Gasteiger partial charge is 0.322 e. The zero-order valence-corrected chi connectivity index (χ0v) is 14.6. The highest BCUT2D eigenvalue weighted by Gasteiger charge is 2.16. The fourth-order valence-electron chi connectivity index (χ4n) is 2.30. The number of hydrogen-bond acceptors (Lipinski definition) is 6. The largest absolute Gasteiger partial charge is 0.403 e. The van der Waals surface area contributed by atoms with Crippen molar-refractivity contribution in [2.45, 2.75) is 12.2 Å². The van der Waals surface area contributed by atoms with Gasteiger partial charge in [0.15, 0.2) is 9.84 Å². The lowest BCUT2D eigenvalue weighted by Crippen LogP contribution is -2.18. The highest BCUT2D eigenvalue weighted by atomic mass is 32.2. The van der Waals surface area contributed by atoms with Gasteiger partial charge in [-0.15, -0.1) is 5.10 Å². The van der Waals surface area contributed by atoms with E-state index in [0.717, 1.165) is 5.56 Å². The molecule has 8 heteroatoms. The summed E-state index contributed by atoms with van der Waals surface area (Å²) < 4.78 is 29.6. The monoisotopic (exact) mass is 371 g/mol. The maximum absolute atomic E-state index is 12.1. The molecule has 0 saturated heterocycles. The molecule has 1 amide bonds. The summed E-state index contributed by atoms with van der Waals surface area (Å²) in [7, 11) is -3.39. The van der Waals surface area contributed by atoms with E-state index in [9.17, 15) is 13.2 Å².